The molecule has 4 atom stereocenters. The molecule has 0 amide bonds. The summed E-state index contributed by atoms with van der Waals surface area (Å²) in [6.07, 6.45) is 7.74. The second-order valence-corrected chi connectivity index (χ2v) is 9.37. The third-order valence-corrected chi connectivity index (χ3v) is 6.74. The Kier molecular flexibility index (Phi) is 11.4. The van der Waals surface area contributed by atoms with Crippen LogP contribution in [0.5, 0.6) is 0 Å². The Balaban J connectivity index is 2.14. The van der Waals surface area contributed by atoms with Gasteiger partial charge in [0.05, 0.1) is 6.10 Å². The van der Waals surface area contributed by atoms with Gasteiger partial charge >= 0.3 is 17.8 Å². The largest absolute Gasteiger partial charge is 0.406 e. The lowest BCUT2D eigenvalue weighted by Crippen LogP contribution is -2.58. The van der Waals surface area contributed by atoms with Crippen LogP contribution in [-0.4, -0.2) is 69.5 Å². The molecule has 0 aliphatic carbocycles. The standard InChI is InChI=1S/C24H43NO7/c1-3-5-7-8-10-13-18(19(26)14-9-6-4-2)17-25-16-12-11-15-24(25)31-22(29)20(27)21(28)23(30)32-24/h18-21,26-28H,3-17H2,1-2H3. The van der Waals surface area contributed by atoms with Crippen LogP contribution >= 0.6 is 0 Å². The molecular weight excluding hydrogens is 414 g/mol. The molecule has 0 aromatic heterocycles. The van der Waals surface area contributed by atoms with Crippen LogP contribution in [0.15, 0.2) is 0 Å². The SMILES string of the molecule is CCCCCCCC(CN1CCCCC12OC(=O)C(O)C(O)C(=O)O2)C(O)CCCCC. The molecule has 4 unspecified atom stereocenters. The van der Waals surface area contributed by atoms with Gasteiger partial charge in [-0.1, -0.05) is 65.2 Å². The van der Waals surface area contributed by atoms with Gasteiger partial charge in [0, 0.05) is 19.5 Å². The minimum atomic E-state index is -1.96. The van der Waals surface area contributed by atoms with E-state index in [1.807, 2.05) is 4.90 Å². The molecule has 8 nitrogen and oxygen atoms in total. The molecular formula is C24H43NO7. The number of nitrogens with zero attached hydrogens (tertiary/aromatic N) is 1. The van der Waals surface area contributed by atoms with Gasteiger partial charge in [-0.25, -0.2) is 14.5 Å². The first-order chi connectivity index (χ1) is 15.3. The predicted molar refractivity (Wildman–Crippen MR) is 119 cm³/mol. The van der Waals surface area contributed by atoms with E-state index in [4.69, 9.17) is 9.47 Å². The number of likely N-dealkylation sites (tertiary alicyclic amines) is 1. The van der Waals surface area contributed by atoms with Crippen LogP contribution in [0.3, 0.4) is 0 Å². The highest BCUT2D eigenvalue weighted by molar-refractivity contribution is 5.87. The molecule has 2 saturated heterocycles. The Morgan fingerprint density at radius 1 is 0.906 bits per heavy atom. The van der Waals surface area contributed by atoms with Crippen molar-refractivity contribution in [1.82, 2.24) is 4.90 Å². The van der Waals surface area contributed by atoms with E-state index < -0.39 is 36.2 Å². The van der Waals surface area contributed by atoms with Gasteiger partial charge in [0.15, 0.2) is 12.2 Å². The summed E-state index contributed by atoms with van der Waals surface area (Å²) < 4.78 is 11.0. The van der Waals surface area contributed by atoms with Crippen molar-refractivity contribution in [3.63, 3.8) is 0 Å². The van der Waals surface area contributed by atoms with E-state index in [1.54, 1.807) is 0 Å². The number of unbranched alkanes of at least 4 members (excludes halogenated alkanes) is 6. The molecule has 8 heteroatoms. The number of hydrogen-bond donors (Lipinski definition) is 3. The molecule has 3 N–H and O–H groups in total. The van der Waals surface area contributed by atoms with Gasteiger partial charge < -0.3 is 24.8 Å². The summed E-state index contributed by atoms with van der Waals surface area (Å²) in [4.78, 5) is 26.4. The number of carbonyl (C=O) groups is 2. The summed E-state index contributed by atoms with van der Waals surface area (Å²) in [5, 5.41) is 30.8. The van der Waals surface area contributed by atoms with Crippen LogP contribution in [0.1, 0.15) is 97.3 Å². The average molecular weight is 458 g/mol. The highest BCUT2D eigenvalue weighted by Crippen LogP contribution is 2.36. The average Bonchev–Trinajstić information content (AvgIpc) is 2.85. The maximum absolute atomic E-state index is 12.3. The van der Waals surface area contributed by atoms with E-state index in [0.717, 1.165) is 44.9 Å². The minimum absolute atomic E-state index is 0.0426. The lowest BCUT2D eigenvalue weighted by atomic mass is 9.90. The Morgan fingerprint density at radius 2 is 1.47 bits per heavy atom. The van der Waals surface area contributed by atoms with Crippen molar-refractivity contribution < 1.29 is 34.4 Å². The lowest BCUT2D eigenvalue weighted by Gasteiger charge is -2.45. The van der Waals surface area contributed by atoms with E-state index in [0.29, 0.717) is 25.9 Å². The number of hydrogen-bond acceptors (Lipinski definition) is 8. The number of aliphatic hydroxyl groups excluding tert-OH is 3. The number of esters is 2. The maximum atomic E-state index is 12.3. The summed E-state index contributed by atoms with van der Waals surface area (Å²) in [5.74, 6) is -3.79. The van der Waals surface area contributed by atoms with Gasteiger partial charge in [0.1, 0.15) is 0 Å². The monoisotopic (exact) mass is 457 g/mol. The molecule has 2 fully saturated rings. The third-order valence-electron chi connectivity index (χ3n) is 6.74. The molecule has 1 spiro atoms. The Hall–Kier alpha value is -1.22. The molecule has 0 aromatic carbocycles. The molecule has 0 radical (unpaired) electrons. The quantitative estimate of drug-likeness (QED) is 0.286. The molecule has 0 saturated carbocycles. The summed E-state index contributed by atoms with van der Waals surface area (Å²) >= 11 is 0. The molecule has 186 valence electrons. The van der Waals surface area contributed by atoms with E-state index in [1.165, 1.54) is 19.3 Å². The zero-order valence-corrected chi connectivity index (χ0v) is 19.8. The Bertz CT molecular complexity index is 563. The molecule has 2 aliphatic heterocycles. The Morgan fingerprint density at radius 3 is 2.09 bits per heavy atom. The second-order valence-electron chi connectivity index (χ2n) is 9.37. The number of carbonyl (C=O) groups excluding carboxylic acids is 2. The smallest absolute Gasteiger partial charge is 0.342 e. The highest BCUT2D eigenvalue weighted by Gasteiger charge is 2.53. The fourth-order valence-corrected chi connectivity index (χ4v) is 4.69. The first-order valence-corrected chi connectivity index (χ1v) is 12.6. The fraction of sp³-hybridized carbons (Fsp3) is 0.917. The maximum Gasteiger partial charge on any atom is 0.342 e. The topological polar surface area (TPSA) is 117 Å². The van der Waals surface area contributed by atoms with E-state index in [9.17, 15) is 24.9 Å². The number of rotatable bonds is 13. The van der Waals surface area contributed by atoms with Crippen molar-refractivity contribution in [2.45, 2.75) is 122 Å². The summed E-state index contributed by atoms with van der Waals surface area (Å²) in [6.45, 7) is 5.28. The molecule has 0 bridgehead atoms. The van der Waals surface area contributed by atoms with Gasteiger partial charge in [-0.15, -0.1) is 0 Å². The van der Waals surface area contributed by atoms with Gasteiger partial charge in [0.2, 0.25) is 0 Å². The van der Waals surface area contributed by atoms with Gasteiger partial charge in [-0.3, -0.25) is 0 Å². The zero-order chi connectivity index (χ0) is 23.6. The van der Waals surface area contributed by atoms with Crippen LogP contribution < -0.4 is 0 Å². The lowest BCUT2D eigenvalue weighted by molar-refractivity contribution is -0.299. The van der Waals surface area contributed by atoms with Crippen LogP contribution in [0.4, 0.5) is 0 Å². The summed E-state index contributed by atoms with van der Waals surface area (Å²) in [7, 11) is 0. The van der Waals surface area contributed by atoms with E-state index in [2.05, 4.69) is 13.8 Å². The summed E-state index contributed by atoms with van der Waals surface area (Å²) in [5.41, 5.74) is 0. The molecule has 2 heterocycles. The normalized spacial score (nSPS) is 28.8. The fourth-order valence-electron chi connectivity index (χ4n) is 4.69. The van der Waals surface area contributed by atoms with Gasteiger partial charge in [0.25, 0.3) is 0 Å². The van der Waals surface area contributed by atoms with Crippen molar-refractivity contribution in [3.8, 4) is 0 Å². The highest BCUT2D eigenvalue weighted by atomic mass is 16.8. The zero-order valence-electron chi connectivity index (χ0n) is 19.8. The van der Waals surface area contributed by atoms with Crippen molar-refractivity contribution in [1.29, 1.82) is 0 Å². The number of ether oxygens (including phenoxy) is 2. The molecule has 2 rings (SSSR count). The van der Waals surface area contributed by atoms with Crippen molar-refractivity contribution in [3.05, 3.63) is 0 Å². The van der Waals surface area contributed by atoms with E-state index >= 15 is 0 Å². The Labute approximate surface area is 192 Å². The van der Waals surface area contributed by atoms with Crippen molar-refractivity contribution >= 4 is 11.9 Å². The van der Waals surface area contributed by atoms with Gasteiger partial charge in [-0.05, 0) is 31.6 Å². The minimum Gasteiger partial charge on any atom is -0.406 e. The first-order valence-electron chi connectivity index (χ1n) is 12.6. The third kappa shape index (κ3) is 7.40. The van der Waals surface area contributed by atoms with E-state index in [-0.39, 0.29) is 12.3 Å². The van der Waals surface area contributed by atoms with Crippen LogP contribution in [0.25, 0.3) is 0 Å². The van der Waals surface area contributed by atoms with Crippen molar-refractivity contribution in [2.24, 2.45) is 5.92 Å². The number of piperidine rings is 1. The molecule has 2 aliphatic rings. The molecule has 0 aromatic rings. The predicted octanol–water partition coefficient (Wildman–Crippen LogP) is 2.87. The summed E-state index contributed by atoms with van der Waals surface area (Å²) in [6, 6.07) is 0. The van der Waals surface area contributed by atoms with Crippen molar-refractivity contribution in [2.75, 3.05) is 13.1 Å². The van der Waals surface area contributed by atoms with Crippen LogP contribution in [-0.2, 0) is 19.1 Å². The van der Waals surface area contributed by atoms with Crippen LogP contribution in [0, 0.1) is 5.92 Å². The first kappa shape index (κ1) is 27.0. The second kappa shape index (κ2) is 13.5. The van der Waals surface area contributed by atoms with Gasteiger partial charge in [-0.2, -0.15) is 0 Å². The number of aliphatic hydroxyl groups is 3. The van der Waals surface area contributed by atoms with Crippen LogP contribution in [0.2, 0.25) is 0 Å². The molecule has 32 heavy (non-hydrogen) atoms.